The molecule has 0 spiro atoms. The van der Waals surface area contributed by atoms with Gasteiger partial charge in [0, 0.05) is 6.92 Å². The molecule has 5 heteroatoms. The van der Waals surface area contributed by atoms with E-state index in [1.165, 1.54) is 0 Å². The van der Waals surface area contributed by atoms with E-state index in [1.54, 1.807) is 0 Å². The van der Waals surface area contributed by atoms with Gasteiger partial charge in [0.2, 0.25) is 0 Å². The van der Waals surface area contributed by atoms with Crippen LogP contribution in [0.3, 0.4) is 0 Å². The first-order valence-corrected chi connectivity index (χ1v) is 3.28. The minimum absolute atomic E-state index is 0.469. The van der Waals surface area contributed by atoms with E-state index >= 15 is 0 Å². The van der Waals surface area contributed by atoms with Crippen LogP contribution in [-0.2, 0) is 0 Å². The molecule has 0 aromatic carbocycles. The fraction of sp³-hybridized carbons (Fsp3) is 1.00. The van der Waals surface area contributed by atoms with E-state index in [2.05, 4.69) is 31.9 Å². The summed E-state index contributed by atoms with van der Waals surface area (Å²) in [7, 11) is 0. The highest BCUT2D eigenvalue weighted by Crippen LogP contribution is 2.42. The van der Waals surface area contributed by atoms with Crippen molar-refractivity contribution in [3.63, 3.8) is 0 Å². The topological polar surface area (TPSA) is 0 Å². The van der Waals surface area contributed by atoms with E-state index in [0.717, 1.165) is 0 Å². The molecule has 0 aromatic rings. The van der Waals surface area contributed by atoms with Crippen molar-refractivity contribution < 1.29 is 13.2 Å². The van der Waals surface area contributed by atoms with Crippen molar-refractivity contribution in [1.82, 2.24) is 0 Å². The smallest absolute Gasteiger partial charge is 0.212 e. The standard InChI is InChI=1S/C3H3Br2F3/c1-2(6,7)3(4,5)8/h1H3. The predicted molar refractivity (Wildman–Crippen MR) is 32.3 cm³/mol. The fourth-order valence-corrected chi connectivity index (χ4v) is 0. The molecule has 0 amide bonds. The highest BCUT2D eigenvalue weighted by atomic mass is 79.9. The summed E-state index contributed by atoms with van der Waals surface area (Å²) in [4.78, 5) is 0. The minimum Gasteiger partial charge on any atom is -0.212 e. The first kappa shape index (κ1) is 8.75. The van der Waals surface area contributed by atoms with Gasteiger partial charge >= 0.3 is 0 Å². The van der Waals surface area contributed by atoms with Crippen LogP contribution in [0.2, 0.25) is 0 Å². The van der Waals surface area contributed by atoms with Gasteiger partial charge in [-0.2, -0.15) is 0 Å². The molecule has 0 unspecified atom stereocenters. The quantitative estimate of drug-likeness (QED) is 0.632. The van der Waals surface area contributed by atoms with E-state index in [-0.39, 0.29) is 0 Å². The molecule has 0 saturated carbocycles. The van der Waals surface area contributed by atoms with Crippen LogP contribution in [0, 0.1) is 0 Å². The number of rotatable bonds is 1. The molecule has 0 fully saturated rings. The largest absolute Gasteiger partial charge is 0.298 e. The molecule has 0 bridgehead atoms. The van der Waals surface area contributed by atoms with Crippen molar-refractivity contribution in [3.8, 4) is 0 Å². The van der Waals surface area contributed by atoms with E-state index in [0.29, 0.717) is 6.92 Å². The zero-order valence-electron chi connectivity index (χ0n) is 3.89. The highest BCUT2D eigenvalue weighted by molar-refractivity contribution is 9.25. The lowest BCUT2D eigenvalue weighted by molar-refractivity contribution is -0.0270. The summed E-state index contributed by atoms with van der Waals surface area (Å²) in [6.07, 6.45) is 0. The van der Waals surface area contributed by atoms with Crippen LogP contribution < -0.4 is 0 Å². The summed E-state index contributed by atoms with van der Waals surface area (Å²) < 4.78 is 32.7. The van der Waals surface area contributed by atoms with Crippen LogP contribution in [-0.4, -0.2) is 9.41 Å². The van der Waals surface area contributed by atoms with Crippen LogP contribution in [0.5, 0.6) is 0 Å². The van der Waals surface area contributed by atoms with Gasteiger partial charge in [0.15, 0.2) is 0 Å². The Morgan fingerprint density at radius 3 is 1.25 bits per heavy atom. The summed E-state index contributed by atoms with van der Waals surface area (Å²) in [5.74, 6) is -3.40. The maximum Gasteiger partial charge on any atom is 0.298 e. The summed E-state index contributed by atoms with van der Waals surface area (Å²) in [5, 5.41) is 0. The molecule has 0 aliphatic heterocycles. The Bertz CT molecular complexity index is 67.5. The van der Waals surface area contributed by atoms with Crippen LogP contribution in [0.4, 0.5) is 13.2 Å². The van der Waals surface area contributed by atoms with Gasteiger partial charge in [-0.15, -0.1) is 0 Å². The third-order valence-corrected chi connectivity index (χ3v) is 1.89. The molecule has 0 heterocycles. The number of hydrogen-bond donors (Lipinski definition) is 0. The lowest BCUT2D eigenvalue weighted by Crippen LogP contribution is -2.29. The Labute approximate surface area is 61.7 Å². The summed E-state index contributed by atoms with van der Waals surface area (Å²) in [5.41, 5.74) is 0. The van der Waals surface area contributed by atoms with E-state index in [4.69, 9.17) is 0 Å². The van der Waals surface area contributed by atoms with Crippen molar-refractivity contribution in [3.05, 3.63) is 0 Å². The lowest BCUT2D eigenvalue weighted by atomic mass is 10.4. The molecule has 50 valence electrons. The number of alkyl halides is 5. The average molecular weight is 256 g/mol. The van der Waals surface area contributed by atoms with Gasteiger partial charge in [-0.3, -0.25) is 0 Å². The monoisotopic (exact) mass is 254 g/mol. The van der Waals surface area contributed by atoms with Crippen molar-refractivity contribution in [2.24, 2.45) is 0 Å². The summed E-state index contributed by atoms with van der Waals surface area (Å²) in [6, 6.07) is 0. The second-order valence-corrected chi connectivity index (χ2v) is 4.64. The highest BCUT2D eigenvalue weighted by Gasteiger charge is 2.46. The van der Waals surface area contributed by atoms with Gasteiger partial charge in [0.1, 0.15) is 0 Å². The van der Waals surface area contributed by atoms with Gasteiger partial charge in [-0.05, 0) is 31.9 Å². The maximum atomic E-state index is 12.0. The third-order valence-electron chi connectivity index (χ3n) is 0.498. The molecule has 0 aliphatic rings. The van der Waals surface area contributed by atoms with E-state index in [1.807, 2.05) is 0 Å². The van der Waals surface area contributed by atoms with Crippen LogP contribution in [0.15, 0.2) is 0 Å². The molecule has 0 aliphatic carbocycles. The Hall–Kier alpha value is 0.750. The Morgan fingerprint density at radius 1 is 1.12 bits per heavy atom. The van der Waals surface area contributed by atoms with Crippen LogP contribution >= 0.6 is 31.9 Å². The van der Waals surface area contributed by atoms with Gasteiger partial charge in [-0.1, -0.05) is 0 Å². The molecule has 0 atom stereocenters. The average Bonchev–Trinajstić information content (AvgIpc) is 1.25. The zero-order valence-corrected chi connectivity index (χ0v) is 7.06. The first-order valence-electron chi connectivity index (χ1n) is 1.69. The Kier molecular flexibility index (Phi) is 2.38. The second-order valence-electron chi connectivity index (χ2n) is 1.39. The Balaban J connectivity index is 4.02. The Morgan fingerprint density at radius 2 is 1.25 bits per heavy atom. The maximum absolute atomic E-state index is 12.0. The SMILES string of the molecule is CC(F)(F)C(F)(Br)Br. The van der Waals surface area contributed by atoms with Crippen molar-refractivity contribution in [1.29, 1.82) is 0 Å². The van der Waals surface area contributed by atoms with Crippen molar-refractivity contribution in [2.45, 2.75) is 16.3 Å². The van der Waals surface area contributed by atoms with Gasteiger partial charge in [0.25, 0.3) is 9.41 Å². The van der Waals surface area contributed by atoms with Crippen LogP contribution in [0.25, 0.3) is 0 Å². The van der Waals surface area contributed by atoms with Gasteiger partial charge < -0.3 is 0 Å². The van der Waals surface area contributed by atoms with Gasteiger partial charge in [0.05, 0.1) is 0 Å². The lowest BCUT2D eigenvalue weighted by Gasteiger charge is -2.17. The molecular formula is C3H3Br2F3. The number of halogens is 5. The molecule has 0 nitrogen and oxygen atoms in total. The molecule has 8 heavy (non-hydrogen) atoms. The van der Waals surface area contributed by atoms with E-state index < -0.39 is 9.41 Å². The zero-order chi connectivity index (χ0) is 7.00. The fourth-order valence-electron chi connectivity index (χ4n) is 0. The summed E-state index contributed by atoms with van der Waals surface area (Å²) >= 11 is 4.20. The molecule has 0 rings (SSSR count). The molecule has 0 aromatic heterocycles. The van der Waals surface area contributed by atoms with E-state index in [9.17, 15) is 13.2 Å². The molecule has 0 saturated heterocycles. The molecule has 0 radical (unpaired) electrons. The van der Waals surface area contributed by atoms with Gasteiger partial charge in [-0.25, -0.2) is 13.2 Å². The molecule has 0 N–H and O–H groups in total. The van der Waals surface area contributed by atoms with Crippen molar-refractivity contribution in [2.75, 3.05) is 0 Å². The predicted octanol–water partition coefficient (Wildman–Crippen LogP) is 3.05. The summed E-state index contributed by atoms with van der Waals surface area (Å²) in [6.45, 7) is 0.469. The van der Waals surface area contributed by atoms with Crippen molar-refractivity contribution >= 4 is 31.9 Å². The third kappa shape index (κ3) is 2.35. The number of hydrogen-bond acceptors (Lipinski definition) is 0. The first-order chi connectivity index (χ1) is 3.25. The minimum atomic E-state index is -3.40. The molecular weight excluding hydrogens is 253 g/mol. The second kappa shape index (κ2) is 2.17. The van der Waals surface area contributed by atoms with Crippen LogP contribution in [0.1, 0.15) is 6.92 Å². The normalized spacial score (nSPS) is 14.2.